The Labute approximate surface area is 76.6 Å². The average molecular weight is 183 g/mol. The van der Waals surface area contributed by atoms with Crippen molar-refractivity contribution in [2.45, 2.75) is 19.4 Å². The van der Waals surface area contributed by atoms with E-state index in [9.17, 15) is 4.79 Å². The second kappa shape index (κ2) is 3.37. The lowest BCUT2D eigenvalue weighted by molar-refractivity contribution is 0.0894. The first kappa shape index (κ1) is 9.42. The van der Waals surface area contributed by atoms with E-state index >= 15 is 0 Å². The number of thiophene rings is 1. The molecular weight excluding hydrogens is 170 g/mol. The van der Waals surface area contributed by atoms with Gasteiger partial charge in [0.1, 0.15) is 0 Å². The summed E-state index contributed by atoms with van der Waals surface area (Å²) in [5, 5.41) is 4.90. The summed E-state index contributed by atoms with van der Waals surface area (Å²) in [6.45, 7) is 3.77. The van der Waals surface area contributed by atoms with Crippen LogP contribution < -0.4 is 5.32 Å². The fourth-order valence-electron chi connectivity index (χ4n) is 0.829. The molecule has 1 rings (SSSR count). The van der Waals surface area contributed by atoms with E-state index in [4.69, 9.17) is 0 Å². The molecule has 0 aliphatic carbocycles. The molecule has 66 valence electrons. The largest absolute Gasteiger partial charge is 0.308 e. The van der Waals surface area contributed by atoms with Crippen molar-refractivity contribution in [3.8, 4) is 0 Å². The van der Waals surface area contributed by atoms with E-state index in [1.165, 1.54) is 11.3 Å². The van der Waals surface area contributed by atoms with Crippen LogP contribution in [0.1, 0.15) is 23.5 Å². The Morgan fingerprint density at radius 1 is 1.58 bits per heavy atom. The van der Waals surface area contributed by atoms with Crippen LogP contribution in [0.25, 0.3) is 0 Å². The van der Waals surface area contributed by atoms with Gasteiger partial charge in [-0.05, 0) is 32.3 Å². The van der Waals surface area contributed by atoms with Gasteiger partial charge in [-0.25, -0.2) is 0 Å². The molecule has 1 aromatic heterocycles. The molecule has 0 unspecified atom stereocenters. The molecule has 0 fully saturated rings. The summed E-state index contributed by atoms with van der Waals surface area (Å²) in [7, 11) is 1.80. The molecule has 2 nitrogen and oxygen atoms in total. The number of nitrogens with one attached hydrogen (secondary N) is 1. The van der Waals surface area contributed by atoms with E-state index < -0.39 is 5.54 Å². The number of hydrogen-bond donors (Lipinski definition) is 1. The maximum absolute atomic E-state index is 11.7. The Morgan fingerprint density at radius 3 is 2.67 bits per heavy atom. The molecule has 1 aromatic rings. The summed E-state index contributed by atoms with van der Waals surface area (Å²) < 4.78 is 0. The lowest BCUT2D eigenvalue weighted by atomic mass is 9.98. The van der Waals surface area contributed by atoms with E-state index in [0.717, 1.165) is 4.88 Å². The number of ketones is 1. The molecule has 3 heteroatoms. The van der Waals surface area contributed by atoms with Crippen molar-refractivity contribution in [1.29, 1.82) is 0 Å². The zero-order chi connectivity index (χ0) is 9.19. The topological polar surface area (TPSA) is 29.1 Å². The van der Waals surface area contributed by atoms with Crippen molar-refractivity contribution in [2.75, 3.05) is 7.05 Å². The second-order valence-corrected chi connectivity index (χ2v) is 4.13. The van der Waals surface area contributed by atoms with Crippen molar-refractivity contribution in [2.24, 2.45) is 0 Å². The van der Waals surface area contributed by atoms with Gasteiger partial charge in [-0.2, -0.15) is 0 Å². The SMILES string of the molecule is CNC(C)(C)C(=O)c1cccs1. The second-order valence-electron chi connectivity index (χ2n) is 3.18. The van der Waals surface area contributed by atoms with Crippen LogP contribution in [-0.2, 0) is 0 Å². The van der Waals surface area contributed by atoms with Crippen LogP contribution in [-0.4, -0.2) is 18.4 Å². The van der Waals surface area contributed by atoms with E-state index in [1.54, 1.807) is 7.05 Å². The van der Waals surface area contributed by atoms with E-state index in [2.05, 4.69) is 5.32 Å². The Hall–Kier alpha value is -0.670. The molecule has 0 saturated heterocycles. The predicted molar refractivity (Wildman–Crippen MR) is 51.8 cm³/mol. The summed E-state index contributed by atoms with van der Waals surface area (Å²) in [6, 6.07) is 3.75. The molecule has 1 N–H and O–H groups in total. The maximum atomic E-state index is 11.7. The lowest BCUT2D eigenvalue weighted by Crippen LogP contribution is -2.44. The lowest BCUT2D eigenvalue weighted by Gasteiger charge is -2.20. The molecular formula is C9H13NOS. The molecule has 0 aliphatic rings. The number of Topliss-reactive ketones (excluding diaryl/α,β-unsaturated/α-hetero) is 1. The van der Waals surface area contributed by atoms with Crippen molar-refractivity contribution >= 4 is 17.1 Å². The Bertz CT molecular complexity index is 264. The normalized spacial score (nSPS) is 11.6. The van der Waals surface area contributed by atoms with Crippen molar-refractivity contribution in [3.05, 3.63) is 22.4 Å². The van der Waals surface area contributed by atoms with Crippen LogP contribution in [0.2, 0.25) is 0 Å². The smallest absolute Gasteiger partial charge is 0.192 e. The Kier molecular flexibility index (Phi) is 2.65. The number of carbonyl (C=O) groups is 1. The van der Waals surface area contributed by atoms with E-state index in [1.807, 2.05) is 31.4 Å². The van der Waals surface area contributed by atoms with Crippen molar-refractivity contribution in [3.63, 3.8) is 0 Å². The highest BCUT2D eigenvalue weighted by atomic mass is 32.1. The van der Waals surface area contributed by atoms with Crippen LogP contribution in [0, 0.1) is 0 Å². The van der Waals surface area contributed by atoms with Gasteiger partial charge in [0.25, 0.3) is 0 Å². The monoisotopic (exact) mass is 183 g/mol. The molecule has 0 bridgehead atoms. The van der Waals surface area contributed by atoms with Gasteiger partial charge in [0.15, 0.2) is 5.78 Å². The van der Waals surface area contributed by atoms with Crippen molar-refractivity contribution < 1.29 is 4.79 Å². The number of carbonyl (C=O) groups excluding carboxylic acids is 1. The van der Waals surface area contributed by atoms with Gasteiger partial charge in [0.05, 0.1) is 10.4 Å². The highest BCUT2D eigenvalue weighted by Gasteiger charge is 2.26. The number of rotatable bonds is 3. The van der Waals surface area contributed by atoms with Crippen molar-refractivity contribution in [1.82, 2.24) is 5.32 Å². The third-order valence-corrected chi connectivity index (χ3v) is 2.81. The van der Waals surface area contributed by atoms with Gasteiger partial charge in [-0.3, -0.25) is 4.79 Å². The fraction of sp³-hybridized carbons (Fsp3) is 0.444. The number of hydrogen-bond acceptors (Lipinski definition) is 3. The minimum absolute atomic E-state index is 0.153. The standard InChI is InChI=1S/C9H13NOS/c1-9(2,10-3)8(11)7-5-4-6-12-7/h4-6,10H,1-3H3. The van der Waals surface area contributed by atoms with Gasteiger partial charge in [-0.15, -0.1) is 11.3 Å². The molecule has 0 saturated carbocycles. The quantitative estimate of drug-likeness (QED) is 0.725. The third-order valence-electron chi connectivity index (χ3n) is 1.94. The minimum atomic E-state index is -0.454. The summed E-state index contributed by atoms with van der Waals surface area (Å²) in [4.78, 5) is 12.5. The zero-order valence-corrected chi connectivity index (χ0v) is 8.37. The van der Waals surface area contributed by atoms with Crippen LogP contribution >= 0.6 is 11.3 Å². The average Bonchev–Trinajstić information content (AvgIpc) is 2.55. The van der Waals surface area contributed by atoms with Gasteiger partial charge < -0.3 is 5.32 Å². The molecule has 0 spiro atoms. The highest BCUT2D eigenvalue weighted by Crippen LogP contribution is 2.16. The van der Waals surface area contributed by atoms with Crippen LogP contribution in [0.4, 0.5) is 0 Å². The zero-order valence-electron chi connectivity index (χ0n) is 7.55. The van der Waals surface area contributed by atoms with Gasteiger partial charge in [0, 0.05) is 0 Å². The Balaban J connectivity index is 2.86. The molecule has 0 amide bonds. The van der Waals surface area contributed by atoms with Gasteiger partial charge in [0.2, 0.25) is 0 Å². The van der Waals surface area contributed by atoms with E-state index in [-0.39, 0.29) is 5.78 Å². The molecule has 0 atom stereocenters. The van der Waals surface area contributed by atoms with Gasteiger partial charge in [-0.1, -0.05) is 6.07 Å². The third kappa shape index (κ3) is 1.73. The highest BCUT2D eigenvalue weighted by molar-refractivity contribution is 7.12. The molecule has 1 heterocycles. The maximum Gasteiger partial charge on any atom is 0.192 e. The summed E-state index contributed by atoms with van der Waals surface area (Å²) in [5.74, 6) is 0.153. The minimum Gasteiger partial charge on any atom is -0.308 e. The van der Waals surface area contributed by atoms with Gasteiger partial charge >= 0.3 is 0 Å². The first-order valence-electron chi connectivity index (χ1n) is 3.85. The van der Waals surface area contributed by atoms with Crippen LogP contribution in [0.15, 0.2) is 17.5 Å². The number of likely N-dealkylation sites (N-methyl/N-ethyl adjacent to an activating group) is 1. The van der Waals surface area contributed by atoms with Crippen LogP contribution in [0.5, 0.6) is 0 Å². The fourth-order valence-corrected chi connectivity index (χ4v) is 1.65. The molecule has 0 radical (unpaired) electrons. The van der Waals surface area contributed by atoms with E-state index in [0.29, 0.717) is 0 Å². The summed E-state index contributed by atoms with van der Waals surface area (Å²) in [6.07, 6.45) is 0. The first-order chi connectivity index (χ1) is 5.58. The predicted octanol–water partition coefficient (Wildman–Crippen LogP) is 1.93. The molecule has 0 aliphatic heterocycles. The van der Waals surface area contributed by atoms with Crippen LogP contribution in [0.3, 0.4) is 0 Å². The molecule has 12 heavy (non-hydrogen) atoms. The first-order valence-corrected chi connectivity index (χ1v) is 4.73. The summed E-state index contributed by atoms with van der Waals surface area (Å²) >= 11 is 1.48. The molecule has 0 aromatic carbocycles. The Morgan fingerprint density at radius 2 is 2.25 bits per heavy atom. The summed E-state index contributed by atoms with van der Waals surface area (Å²) in [5.41, 5.74) is -0.454.